The third-order valence-corrected chi connectivity index (χ3v) is 5.48. The maximum atomic E-state index is 14.4. The van der Waals surface area contributed by atoms with E-state index in [9.17, 15) is 8.78 Å². The molecule has 2 aliphatic rings. The molecule has 0 bridgehead atoms. The summed E-state index contributed by atoms with van der Waals surface area (Å²) >= 11 is 0. The molecule has 25 heavy (non-hydrogen) atoms. The lowest BCUT2D eigenvalue weighted by Crippen LogP contribution is -2.41. The van der Waals surface area contributed by atoms with Crippen molar-refractivity contribution in [3.63, 3.8) is 0 Å². The van der Waals surface area contributed by atoms with Crippen molar-refractivity contribution in [3.05, 3.63) is 23.8 Å². The van der Waals surface area contributed by atoms with Gasteiger partial charge in [0.15, 0.2) is 17.4 Å². The number of rotatable bonds is 5. The number of benzene rings is 1. The minimum Gasteiger partial charge on any atom is -0.487 e. The van der Waals surface area contributed by atoms with Crippen LogP contribution in [0.1, 0.15) is 47.0 Å². The van der Waals surface area contributed by atoms with Crippen LogP contribution >= 0.6 is 0 Å². The molecule has 0 spiro atoms. The van der Waals surface area contributed by atoms with Gasteiger partial charge in [0.2, 0.25) is 0 Å². The molecule has 2 fully saturated rings. The summed E-state index contributed by atoms with van der Waals surface area (Å²) in [6.45, 7) is 7.65. The first-order chi connectivity index (χ1) is 11.6. The van der Waals surface area contributed by atoms with Crippen LogP contribution in [0.4, 0.5) is 8.78 Å². The van der Waals surface area contributed by atoms with Gasteiger partial charge < -0.3 is 14.0 Å². The fourth-order valence-electron chi connectivity index (χ4n) is 2.77. The highest BCUT2D eigenvalue weighted by Crippen LogP contribution is 2.49. The summed E-state index contributed by atoms with van der Waals surface area (Å²) in [6.07, 6.45) is 2.02. The van der Waals surface area contributed by atoms with Crippen molar-refractivity contribution in [1.82, 2.24) is 0 Å². The monoisotopic (exact) mass is 349 g/mol. The summed E-state index contributed by atoms with van der Waals surface area (Å²) in [5.74, 6) is -2.00. The summed E-state index contributed by atoms with van der Waals surface area (Å²) in [5.41, 5.74) is -1.15. The van der Waals surface area contributed by atoms with Crippen LogP contribution in [0.25, 0.3) is 0 Å². The predicted octanol–water partition coefficient (Wildman–Crippen LogP) is 3.34. The van der Waals surface area contributed by atoms with Crippen LogP contribution in [0.15, 0.2) is 12.1 Å². The average Bonchev–Trinajstić information content (AvgIpc) is 3.20. The Morgan fingerprint density at radius 2 is 1.64 bits per heavy atom. The van der Waals surface area contributed by atoms with Crippen molar-refractivity contribution < 1.29 is 22.8 Å². The Morgan fingerprint density at radius 1 is 1.12 bits per heavy atom. The summed E-state index contributed by atoms with van der Waals surface area (Å²) < 4.78 is 45.8. The summed E-state index contributed by atoms with van der Waals surface area (Å²) in [7, 11) is -0.837. The molecule has 1 heterocycles. The molecule has 0 atom stereocenters. The normalized spacial score (nSPS) is 22.5. The van der Waals surface area contributed by atoms with Gasteiger partial charge in [-0.2, -0.15) is 5.26 Å². The lowest BCUT2D eigenvalue weighted by molar-refractivity contribution is 0.00578. The lowest BCUT2D eigenvalue weighted by atomic mass is 9.79. The molecule has 0 unspecified atom stereocenters. The number of halogens is 2. The van der Waals surface area contributed by atoms with Crippen LogP contribution in [0.2, 0.25) is 0 Å². The van der Waals surface area contributed by atoms with E-state index < -0.39 is 35.7 Å². The van der Waals surface area contributed by atoms with Gasteiger partial charge in [-0.25, -0.2) is 8.78 Å². The Morgan fingerprint density at radius 3 is 2.08 bits per heavy atom. The molecule has 0 radical (unpaired) electrons. The van der Waals surface area contributed by atoms with Crippen molar-refractivity contribution in [2.75, 3.05) is 6.61 Å². The number of ether oxygens (including phenoxy) is 1. The Kier molecular flexibility index (Phi) is 4.33. The van der Waals surface area contributed by atoms with Gasteiger partial charge >= 0.3 is 7.12 Å². The molecular weight excluding hydrogens is 327 g/mol. The average molecular weight is 349 g/mol. The van der Waals surface area contributed by atoms with Gasteiger partial charge in [0.1, 0.15) is 0 Å². The zero-order valence-corrected chi connectivity index (χ0v) is 15.0. The van der Waals surface area contributed by atoms with E-state index in [-0.39, 0.29) is 17.5 Å². The fraction of sp³-hybridized carbons (Fsp3) is 0.611. The van der Waals surface area contributed by atoms with Gasteiger partial charge in [-0.1, -0.05) is 0 Å². The highest BCUT2D eigenvalue weighted by Gasteiger charge is 2.52. The molecule has 3 rings (SSSR count). The molecule has 7 heteroatoms. The first kappa shape index (κ1) is 18.2. The van der Waals surface area contributed by atoms with E-state index in [1.165, 1.54) is 12.1 Å². The van der Waals surface area contributed by atoms with Crippen LogP contribution < -0.4 is 10.2 Å². The quantitative estimate of drug-likeness (QED) is 0.765. The second-order valence-corrected chi connectivity index (χ2v) is 8.03. The van der Waals surface area contributed by atoms with E-state index in [1.54, 1.807) is 0 Å². The molecule has 1 aromatic rings. The van der Waals surface area contributed by atoms with E-state index in [0.29, 0.717) is 6.42 Å². The van der Waals surface area contributed by atoms with Crippen molar-refractivity contribution in [2.24, 2.45) is 5.41 Å². The molecule has 1 saturated carbocycles. The minimum atomic E-state index is -0.837. The molecule has 1 saturated heterocycles. The largest absolute Gasteiger partial charge is 0.495 e. The highest BCUT2D eigenvalue weighted by atomic mass is 19.1. The van der Waals surface area contributed by atoms with Crippen LogP contribution in [0, 0.1) is 28.4 Å². The molecular formula is C18H22BF2NO3. The standard InChI is InChI=1S/C18H22BF2NO3/c1-16(2)17(3,4)25-19(24-16)12-9-13(20)15(14(21)10-12)23-11-18(5-6-18)7-8-22/h9-10H,5-7,11H2,1-4H3. The van der Waals surface area contributed by atoms with E-state index in [0.717, 1.165) is 12.8 Å². The van der Waals surface area contributed by atoms with Crippen LogP contribution in [0.5, 0.6) is 5.75 Å². The maximum Gasteiger partial charge on any atom is 0.495 e. The van der Waals surface area contributed by atoms with Crippen molar-refractivity contribution >= 4 is 12.6 Å². The maximum absolute atomic E-state index is 14.4. The van der Waals surface area contributed by atoms with Gasteiger partial charge in [-0.05, 0) is 58.1 Å². The lowest BCUT2D eigenvalue weighted by Gasteiger charge is -2.32. The summed E-state index contributed by atoms with van der Waals surface area (Å²) in [4.78, 5) is 0. The van der Waals surface area contributed by atoms with Crippen molar-refractivity contribution in [1.29, 1.82) is 5.26 Å². The van der Waals surface area contributed by atoms with Gasteiger partial charge in [0.25, 0.3) is 0 Å². The van der Waals surface area contributed by atoms with Crippen LogP contribution in [0.3, 0.4) is 0 Å². The van der Waals surface area contributed by atoms with E-state index >= 15 is 0 Å². The van der Waals surface area contributed by atoms with Crippen molar-refractivity contribution in [2.45, 2.75) is 58.2 Å². The number of nitriles is 1. The Balaban J connectivity index is 1.76. The van der Waals surface area contributed by atoms with Crippen LogP contribution in [-0.2, 0) is 9.31 Å². The topological polar surface area (TPSA) is 51.5 Å². The first-order valence-electron chi connectivity index (χ1n) is 8.44. The predicted molar refractivity (Wildman–Crippen MR) is 89.5 cm³/mol. The second-order valence-electron chi connectivity index (χ2n) is 8.03. The molecule has 1 aliphatic carbocycles. The second kappa shape index (κ2) is 5.96. The SMILES string of the molecule is CC1(C)OB(c2cc(F)c(OCC3(CC#N)CC3)c(F)c2)OC1(C)C. The third kappa shape index (κ3) is 3.38. The number of hydrogen-bond donors (Lipinski definition) is 0. The van der Waals surface area contributed by atoms with E-state index in [4.69, 9.17) is 19.3 Å². The zero-order valence-electron chi connectivity index (χ0n) is 15.0. The van der Waals surface area contributed by atoms with Gasteiger partial charge in [-0.15, -0.1) is 0 Å². The molecule has 1 aromatic carbocycles. The Labute approximate surface area is 147 Å². The zero-order chi connectivity index (χ0) is 18.5. The van der Waals surface area contributed by atoms with E-state index in [2.05, 4.69) is 6.07 Å². The summed E-state index contributed by atoms with van der Waals surface area (Å²) in [5, 5.41) is 8.81. The van der Waals surface area contributed by atoms with Gasteiger partial charge in [0.05, 0.1) is 23.9 Å². The third-order valence-electron chi connectivity index (χ3n) is 5.48. The smallest absolute Gasteiger partial charge is 0.487 e. The molecule has 0 aromatic heterocycles. The van der Waals surface area contributed by atoms with Crippen molar-refractivity contribution in [3.8, 4) is 11.8 Å². The Bertz CT molecular complexity index is 687. The molecule has 0 N–H and O–H groups in total. The fourth-order valence-corrected chi connectivity index (χ4v) is 2.77. The molecule has 4 nitrogen and oxygen atoms in total. The Hall–Kier alpha value is -1.65. The molecule has 1 aliphatic heterocycles. The minimum absolute atomic E-state index is 0.143. The number of nitrogens with zero attached hydrogens (tertiary/aromatic N) is 1. The first-order valence-corrected chi connectivity index (χ1v) is 8.44. The molecule has 0 amide bonds. The number of hydrogen-bond acceptors (Lipinski definition) is 4. The van der Waals surface area contributed by atoms with E-state index in [1.807, 2.05) is 27.7 Å². The van der Waals surface area contributed by atoms with Crippen LogP contribution in [-0.4, -0.2) is 24.9 Å². The van der Waals surface area contributed by atoms with Gasteiger partial charge in [0, 0.05) is 11.8 Å². The molecule has 134 valence electrons. The van der Waals surface area contributed by atoms with Gasteiger partial charge in [-0.3, -0.25) is 0 Å². The summed E-state index contributed by atoms with van der Waals surface area (Å²) in [6, 6.07) is 4.47. The highest BCUT2D eigenvalue weighted by molar-refractivity contribution is 6.62.